The molecule has 1 aromatic heterocycles. The zero-order valence-corrected chi connectivity index (χ0v) is 23.3. The molecule has 0 radical (unpaired) electrons. The summed E-state index contributed by atoms with van der Waals surface area (Å²) in [7, 11) is 1.72. The van der Waals surface area contributed by atoms with Crippen LogP contribution in [0, 0.1) is 11.3 Å². The number of aryl methyl sites for hydroxylation is 1. The number of aromatic nitrogens is 2. The minimum atomic E-state index is 0.235. The van der Waals surface area contributed by atoms with E-state index in [1.807, 2.05) is 6.07 Å². The Bertz CT molecular complexity index is 1150. The van der Waals surface area contributed by atoms with E-state index in [4.69, 9.17) is 19.3 Å². The number of hydrogen-bond donors (Lipinski definition) is 0. The second kappa shape index (κ2) is 12.5. The van der Waals surface area contributed by atoms with Gasteiger partial charge in [-0.15, -0.1) is 0 Å². The summed E-state index contributed by atoms with van der Waals surface area (Å²) in [6.07, 6.45) is 4.27. The van der Waals surface area contributed by atoms with Gasteiger partial charge in [0.1, 0.15) is 5.75 Å². The number of methoxy groups -OCH3 is 1. The zero-order valence-electron chi connectivity index (χ0n) is 23.3. The molecule has 5 rings (SSSR count). The fourth-order valence-electron chi connectivity index (χ4n) is 6.15. The average molecular weight is 518 g/mol. The molecule has 1 atom stereocenters. The Balaban J connectivity index is 1.35. The van der Waals surface area contributed by atoms with E-state index in [1.54, 1.807) is 7.11 Å². The van der Waals surface area contributed by atoms with E-state index in [-0.39, 0.29) is 5.41 Å². The first-order chi connectivity index (χ1) is 18.6. The first-order valence-electron chi connectivity index (χ1n) is 14.2. The molecule has 2 aliphatic heterocycles. The number of benzene rings is 2. The van der Waals surface area contributed by atoms with Crippen LogP contribution in [0.4, 0.5) is 0 Å². The highest BCUT2D eigenvalue weighted by Crippen LogP contribution is 2.41. The van der Waals surface area contributed by atoms with Crippen LogP contribution in [0.15, 0.2) is 54.6 Å². The maximum absolute atomic E-state index is 6.10. The monoisotopic (exact) mass is 517 g/mol. The van der Waals surface area contributed by atoms with Gasteiger partial charge in [-0.05, 0) is 72.8 Å². The Morgan fingerprint density at radius 1 is 1.03 bits per heavy atom. The van der Waals surface area contributed by atoms with Gasteiger partial charge in [-0.3, -0.25) is 9.58 Å². The highest BCUT2D eigenvalue weighted by Gasteiger charge is 2.40. The third kappa shape index (κ3) is 6.48. The van der Waals surface area contributed by atoms with Crippen molar-refractivity contribution in [2.24, 2.45) is 11.3 Å². The number of hydrogen-bond acceptors (Lipinski definition) is 5. The molecular formula is C32H43N3O3. The summed E-state index contributed by atoms with van der Waals surface area (Å²) in [4.78, 5) is 2.64. The van der Waals surface area contributed by atoms with Crippen LogP contribution in [0.3, 0.4) is 0 Å². The van der Waals surface area contributed by atoms with E-state index in [0.29, 0.717) is 12.5 Å². The van der Waals surface area contributed by atoms with Crippen molar-refractivity contribution < 1.29 is 14.2 Å². The topological polar surface area (TPSA) is 48.8 Å². The molecule has 3 heterocycles. The third-order valence-electron chi connectivity index (χ3n) is 8.21. The Morgan fingerprint density at radius 2 is 1.79 bits per heavy atom. The van der Waals surface area contributed by atoms with Crippen molar-refractivity contribution >= 4 is 0 Å². The first kappa shape index (κ1) is 26.9. The second-order valence-electron chi connectivity index (χ2n) is 11.3. The normalized spacial score (nSPS) is 18.2. The second-order valence-corrected chi connectivity index (χ2v) is 11.3. The van der Waals surface area contributed by atoms with Crippen LogP contribution < -0.4 is 4.74 Å². The summed E-state index contributed by atoms with van der Waals surface area (Å²) < 4.78 is 19.6. The summed E-state index contributed by atoms with van der Waals surface area (Å²) in [5.41, 5.74) is 6.94. The van der Waals surface area contributed by atoms with Crippen LogP contribution >= 0.6 is 0 Å². The Kier molecular flexibility index (Phi) is 8.82. The lowest BCUT2D eigenvalue weighted by molar-refractivity contribution is -0.00467. The molecule has 0 bridgehead atoms. The van der Waals surface area contributed by atoms with Gasteiger partial charge in [0, 0.05) is 46.0 Å². The van der Waals surface area contributed by atoms with Crippen molar-refractivity contribution in [2.75, 3.05) is 33.5 Å². The number of rotatable bonds is 10. The van der Waals surface area contributed by atoms with Crippen LogP contribution in [0.25, 0.3) is 0 Å². The summed E-state index contributed by atoms with van der Waals surface area (Å²) in [5, 5.41) is 5.19. The van der Waals surface area contributed by atoms with Gasteiger partial charge < -0.3 is 14.2 Å². The number of ether oxygens (including phenoxy) is 3. The molecule has 1 saturated heterocycles. The molecular weight excluding hydrogens is 474 g/mol. The highest BCUT2D eigenvalue weighted by molar-refractivity contribution is 5.31. The van der Waals surface area contributed by atoms with E-state index in [9.17, 15) is 0 Å². The van der Waals surface area contributed by atoms with Gasteiger partial charge in [-0.25, -0.2) is 0 Å². The molecule has 6 nitrogen and oxygen atoms in total. The fourth-order valence-corrected chi connectivity index (χ4v) is 6.15. The fraction of sp³-hybridized carbons (Fsp3) is 0.531. The first-order valence-corrected chi connectivity index (χ1v) is 14.2. The van der Waals surface area contributed by atoms with Gasteiger partial charge in [0.05, 0.1) is 25.1 Å². The molecule has 38 heavy (non-hydrogen) atoms. The molecule has 204 valence electrons. The van der Waals surface area contributed by atoms with Gasteiger partial charge in [0.2, 0.25) is 0 Å². The van der Waals surface area contributed by atoms with Crippen molar-refractivity contribution in [3.8, 4) is 5.75 Å². The quantitative estimate of drug-likeness (QED) is 0.347. The molecule has 0 saturated carbocycles. The van der Waals surface area contributed by atoms with Crippen molar-refractivity contribution in [1.82, 2.24) is 14.7 Å². The van der Waals surface area contributed by atoms with Crippen LogP contribution in [0.2, 0.25) is 0 Å². The van der Waals surface area contributed by atoms with E-state index < -0.39 is 0 Å². The summed E-state index contributed by atoms with van der Waals surface area (Å²) >= 11 is 0. The highest BCUT2D eigenvalue weighted by atomic mass is 16.5. The number of nitrogens with zero attached hydrogens (tertiary/aromatic N) is 3. The van der Waals surface area contributed by atoms with Crippen LogP contribution in [0.1, 0.15) is 54.8 Å². The lowest BCUT2D eigenvalue weighted by Gasteiger charge is -2.39. The molecule has 6 heteroatoms. The van der Waals surface area contributed by atoms with Gasteiger partial charge in [0.25, 0.3) is 0 Å². The number of fused-ring (bicyclic) bond motifs is 1. The predicted molar refractivity (Wildman–Crippen MR) is 150 cm³/mol. The molecule has 1 spiro atoms. The Hall–Kier alpha value is -2.67. The van der Waals surface area contributed by atoms with E-state index in [2.05, 4.69) is 72.0 Å². The molecule has 0 N–H and O–H groups in total. The molecule has 2 aromatic carbocycles. The minimum Gasteiger partial charge on any atom is -0.497 e. The van der Waals surface area contributed by atoms with Crippen molar-refractivity contribution in [1.29, 1.82) is 0 Å². The SMILES string of the molecule is CCn1nc(CC(C)COCc2ccccc2)c2c1CN(Cc1ccc(OC)cc1)CC1(CCOCC1)C2. The van der Waals surface area contributed by atoms with E-state index in [0.717, 1.165) is 77.4 Å². The molecule has 0 aliphatic carbocycles. The van der Waals surface area contributed by atoms with E-state index >= 15 is 0 Å². The van der Waals surface area contributed by atoms with Crippen molar-refractivity contribution in [3.63, 3.8) is 0 Å². The lowest BCUT2D eigenvalue weighted by atomic mass is 9.75. The Labute approximate surface area is 227 Å². The maximum atomic E-state index is 6.10. The summed E-state index contributed by atoms with van der Waals surface area (Å²) in [6, 6.07) is 19.0. The third-order valence-corrected chi connectivity index (χ3v) is 8.21. The standard InChI is InChI=1S/C32H43N3O3/c1-4-35-31-21-34(20-26-10-12-28(36-3)13-11-26)24-32(14-16-37-17-15-32)19-29(31)30(33-35)18-25(2)22-38-23-27-8-6-5-7-9-27/h5-13,25H,4,14-24H2,1-3H3. The van der Waals surface area contributed by atoms with Crippen molar-refractivity contribution in [2.45, 2.75) is 65.8 Å². The largest absolute Gasteiger partial charge is 0.497 e. The van der Waals surface area contributed by atoms with Gasteiger partial charge in [-0.2, -0.15) is 5.10 Å². The summed E-state index contributed by atoms with van der Waals surface area (Å²) in [5.74, 6) is 1.32. The van der Waals surface area contributed by atoms with Gasteiger partial charge in [-0.1, -0.05) is 49.4 Å². The van der Waals surface area contributed by atoms with Crippen LogP contribution in [0.5, 0.6) is 5.75 Å². The van der Waals surface area contributed by atoms with E-state index in [1.165, 1.54) is 28.1 Å². The molecule has 0 amide bonds. The Morgan fingerprint density at radius 3 is 2.50 bits per heavy atom. The average Bonchev–Trinajstić information content (AvgIpc) is 3.16. The predicted octanol–water partition coefficient (Wildman–Crippen LogP) is 5.66. The summed E-state index contributed by atoms with van der Waals surface area (Å²) in [6.45, 7) is 11.5. The lowest BCUT2D eigenvalue weighted by Crippen LogP contribution is -2.41. The van der Waals surface area contributed by atoms with Crippen LogP contribution in [-0.4, -0.2) is 48.2 Å². The van der Waals surface area contributed by atoms with Crippen LogP contribution in [-0.2, 0) is 48.6 Å². The minimum absolute atomic E-state index is 0.235. The van der Waals surface area contributed by atoms with Gasteiger partial charge in [0.15, 0.2) is 0 Å². The zero-order chi connectivity index (χ0) is 26.4. The molecule has 1 fully saturated rings. The van der Waals surface area contributed by atoms with Crippen molar-refractivity contribution in [3.05, 3.63) is 82.7 Å². The maximum Gasteiger partial charge on any atom is 0.118 e. The molecule has 3 aromatic rings. The smallest absolute Gasteiger partial charge is 0.118 e. The molecule has 1 unspecified atom stereocenters. The molecule has 2 aliphatic rings. The van der Waals surface area contributed by atoms with Gasteiger partial charge >= 0.3 is 0 Å².